The number of nitrogens with zero attached hydrogens (tertiary/aromatic N) is 2. The second-order valence-corrected chi connectivity index (χ2v) is 5.07. The summed E-state index contributed by atoms with van der Waals surface area (Å²) in [7, 11) is 0. The first-order valence-corrected chi connectivity index (χ1v) is 7.00. The van der Waals surface area contributed by atoms with E-state index in [2.05, 4.69) is 10.3 Å². The molecular formula is C17H15N3O2. The second kappa shape index (κ2) is 5.81. The van der Waals surface area contributed by atoms with Gasteiger partial charge in [0.05, 0.1) is 16.0 Å². The molecule has 0 amide bonds. The molecule has 0 fully saturated rings. The summed E-state index contributed by atoms with van der Waals surface area (Å²) < 4.78 is 0. The van der Waals surface area contributed by atoms with Gasteiger partial charge in [0, 0.05) is 18.3 Å². The van der Waals surface area contributed by atoms with E-state index < -0.39 is 0 Å². The molecule has 110 valence electrons. The SMILES string of the molecule is C[C@H](Nc1ccc([N+](=O)[O-])c2cccnc12)c1ccccc1. The highest BCUT2D eigenvalue weighted by molar-refractivity contribution is 5.96. The lowest BCUT2D eigenvalue weighted by molar-refractivity contribution is -0.383. The first-order chi connectivity index (χ1) is 10.7. The van der Waals surface area contributed by atoms with Gasteiger partial charge in [-0.25, -0.2) is 0 Å². The Bertz CT molecular complexity index is 819. The summed E-state index contributed by atoms with van der Waals surface area (Å²) in [5.74, 6) is 0. The Kier molecular flexibility index (Phi) is 3.70. The highest BCUT2D eigenvalue weighted by Crippen LogP contribution is 2.31. The van der Waals surface area contributed by atoms with Crippen LogP contribution in [0.15, 0.2) is 60.8 Å². The van der Waals surface area contributed by atoms with Crippen LogP contribution in [0.25, 0.3) is 10.9 Å². The summed E-state index contributed by atoms with van der Waals surface area (Å²) in [6.45, 7) is 2.05. The quantitative estimate of drug-likeness (QED) is 0.574. The van der Waals surface area contributed by atoms with E-state index in [1.165, 1.54) is 6.07 Å². The van der Waals surface area contributed by atoms with E-state index in [1.54, 1.807) is 24.4 Å². The molecule has 0 aliphatic heterocycles. The molecule has 5 heteroatoms. The smallest absolute Gasteiger partial charge is 0.278 e. The van der Waals surface area contributed by atoms with Gasteiger partial charge in [-0.05, 0) is 30.7 Å². The van der Waals surface area contributed by atoms with E-state index in [1.807, 2.05) is 37.3 Å². The molecule has 0 saturated heterocycles. The average Bonchev–Trinajstić information content (AvgIpc) is 2.55. The van der Waals surface area contributed by atoms with Crippen molar-refractivity contribution < 1.29 is 4.92 Å². The number of pyridine rings is 1. The maximum absolute atomic E-state index is 11.1. The summed E-state index contributed by atoms with van der Waals surface area (Å²) in [6.07, 6.45) is 1.64. The van der Waals surface area contributed by atoms with Crippen LogP contribution in [0.5, 0.6) is 0 Å². The molecule has 0 unspecified atom stereocenters. The molecule has 0 radical (unpaired) electrons. The third-order valence-electron chi connectivity index (χ3n) is 3.61. The Morgan fingerprint density at radius 2 is 1.86 bits per heavy atom. The third kappa shape index (κ3) is 2.61. The molecule has 1 N–H and O–H groups in total. The maximum Gasteiger partial charge on any atom is 0.278 e. The van der Waals surface area contributed by atoms with E-state index in [9.17, 15) is 10.1 Å². The number of fused-ring (bicyclic) bond motifs is 1. The zero-order chi connectivity index (χ0) is 15.5. The molecule has 1 atom stereocenters. The number of nitro benzene ring substituents is 1. The van der Waals surface area contributed by atoms with Crippen LogP contribution in [-0.4, -0.2) is 9.91 Å². The van der Waals surface area contributed by atoms with Crippen LogP contribution in [0.1, 0.15) is 18.5 Å². The minimum absolute atomic E-state index is 0.0704. The molecule has 0 aliphatic carbocycles. The van der Waals surface area contributed by atoms with Gasteiger partial charge < -0.3 is 5.32 Å². The van der Waals surface area contributed by atoms with Crippen molar-refractivity contribution in [3.63, 3.8) is 0 Å². The van der Waals surface area contributed by atoms with Crippen molar-refractivity contribution >= 4 is 22.3 Å². The zero-order valence-corrected chi connectivity index (χ0v) is 12.1. The van der Waals surface area contributed by atoms with E-state index in [0.717, 1.165) is 11.3 Å². The number of nitrogens with one attached hydrogen (secondary N) is 1. The fourth-order valence-electron chi connectivity index (χ4n) is 2.49. The van der Waals surface area contributed by atoms with Crippen LogP contribution >= 0.6 is 0 Å². The average molecular weight is 293 g/mol. The van der Waals surface area contributed by atoms with Crippen LogP contribution in [0, 0.1) is 10.1 Å². The van der Waals surface area contributed by atoms with Gasteiger partial charge in [-0.2, -0.15) is 0 Å². The Morgan fingerprint density at radius 3 is 2.59 bits per heavy atom. The lowest BCUT2D eigenvalue weighted by atomic mass is 10.1. The number of anilines is 1. The monoisotopic (exact) mass is 293 g/mol. The molecule has 3 aromatic rings. The second-order valence-electron chi connectivity index (χ2n) is 5.07. The normalized spacial score (nSPS) is 12.0. The van der Waals surface area contributed by atoms with Crippen molar-refractivity contribution in [1.82, 2.24) is 4.98 Å². The minimum atomic E-state index is -0.381. The van der Waals surface area contributed by atoms with Gasteiger partial charge in [0.25, 0.3) is 5.69 Å². The Morgan fingerprint density at radius 1 is 1.09 bits per heavy atom. The molecule has 0 saturated carbocycles. The highest BCUT2D eigenvalue weighted by Gasteiger charge is 2.16. The zero-order valence-electron chi connectivity index (χ0n) is 12.1. The van der Waals surface area contributed by atoms with Crippen molar-refractivity contribution in [3.8, 4) is 0 Å². The minimum Gasteiger partial charge on any atom is -0.377 e. The van der Waals surface area contributed by atoms with Crippen molar-refractivity contribution in [1.29, 1.82) is 0 Å². The van der Waals surface area contributed by atoms with Gasteiger partial charge in [-0.15, -0.1) is 0 Å². The highest BCUT2D eigenvalue weighted by atomic mass is 16.6. The van der Waals surface area contributed by atoms with Crippen LogP contribution in [0.2, 0.25) is 0 Å². The van der Waals surface area contributed by atoms with E-state index in [0.29, 0.717) is 10.9 Å². The maximum atomic E-state index is 11.1. The number of benzene rings is 2. The van der Waals surface area contributed by atoms with E-state index in [-0.39, 0.29) is 16.7 Å². The van der Waals surface area contributed by atoms with Gasteiger partial charge in [0.1, 0.15) is 5.52 Å². The largest absolute Gasteiger partial charge is 0.377 e. The van der Waals surface area contributed by atoms with Gasteiger partial charge in [0.2, 0.25) is 0 Å². The lowest BCUT2D eigenvalue weighted by Gasteiger charge is -2.16. The standard InChI is InChI=1S/C17H15N3O2/c1-12(13-6-3-2-4-7-13)19-15-9-10-16(20(21)22)14-8-5-11-18-17(14)15/h2-12,19H,1H3/t12-/m0/s1. The first-order valence-electron chi connectivity index (χ1n) is 7.00. The summed E-state index contributed by atoms with van der Waals surface area (Å²) in [6, 6.07) is 16.8. The van der Waals surface area contributed by atoms with Crippen molar-refractivity contribution in [2.75, 3.05) is 5.32 Å². The first kappa shape index (κ1) is 14.0. The van der Waals surface area contributed by atoms with Gasteiger partial charge >= 0.3 is 0 Å². The number of hydrogen-bond donors (Lipinski definition) is 1. The fourth-order valence-corrected chi connectivity index (χ4v) is 2.49. The Balaban J connectivity index is 2.02. The van der Waals surface area contributed by atoms with Gasteiger partial charge in [-0.1, -0.05) is 30.3 Å². The fraction of sp³-hybridized carbons (Fsp3) is 0.118. The van der Waals surface area contributed by atoms with Crippen LogP contribution < -0.4 is 5.32 Å². The molecule has 1 heterocycles. The number of non-ortho nitro benzene ring substituents is 1. The molecule has 5 nitrogen and oxygen atoms in total. The van der Waals surface area contributed by atoms with Crippen LogP contribution in [0.4, 0.5) is 11.4 Å². The molecule has 0 bridgehead atoms. The predicted octanol–water partition coefficient (Wildman–Crippen LogP) is 4.32. The topological polar surface area (TPSA) is 68.1 Å². The summed E-state index contributed by atoms with van der Waals surface area (Å²) in [5, 5.41) is 15.0. The number of rotatable bonds is 4. The third-order valence-corrected chi connectivity index (χ3v) is 3.61. The molecule has 2 aromatic carbocycles. The van der Waals surface area contributed by atoms with E-state index in [4.69, 9.17) is 0 Å². The summed E-state index contributed by atoms with van der Waals surface area (Å²) in [4.78, 5) is 15.1. The molecule has 3 rings (SSSR count). The summed E-state index contributed by atoms with van der Waals surface area (Å²) in [5.41, 5.74) is 2.61. The van der Waals surface area contributed by atoms with Crippen LogP contribution in [0.3, 0.4) is 0 Å². The lowest BCUT2D eigenvalue weighted by Crippen LogP contribution is -2.07. The van der Waals surface area contributed by atoms with Gasteiger partial charge in [0.15, 0.2) is 0 Å². The predicted molar refractivity (Wildman–Crippen MR) is 86.9 cm³/mol. The number of nitro groups is 1. The molecule has 0 aliphatic rings. The number of hydrogen-bond acceptors (Lipinski definition) is 4. The number of aromatic nitrogens is 1. The van der Waals surface area contributed by atoms with Crippen molar-refractivity contribution in [2.24, 2.45) is 0 Å². The molecular weight excluding hydrogens is 278 g/mol. The van der Waals surface area contributed by atoms with Crippen molar-refractivity contribution in [3.05, 3.63) is 76.5 Å². The van der Waals surface area contributed by atoms with E-state index >= 15 is 0 Å². The van der Waals surface area contributed by atoms with Crippen LogP contribution in [-0.2, 0) is 0 Å². The Hall–Kier alpha value is -2.95. The molecule has 22 heavy (non-hydrogen) atoms. The molecule has 1 aromatic heterocycles. The molecule has 0 spiro atoms. The van der Waals surface area contributed by atoms with Crippen molar-refractivity contribution in [2.45, 2.75) is 13.0 Å². The summed E-state index contributed by atoms with van der Waals surface area (Å²) >= 11 is 0. The Labute approximate surface area is 127 Å². The van der Waals surface area contributed by atoms with Gasteiger partial charge in [-0.3, -0.25) is 15.1 Å².